The number of carbonyl (C=O) groups is 2. The lowest BCUT2D eigenvalue weighted by Crippen LogP contribution is -2.68. The Labute approximate surface area is 362 Å². The van der Waals surface area contributed by atoms with Gasteiger partial charge in [0.05, 0.1) is 17.1 Å². The minimum absolute atomic E-state index is 0.0943. The number of nitrogens with zero attached hydrogens (tertiary/aromatic N) is 1. The number of hydrogen-bond donors (Lipinski definition) is 5. The first-order valence-corrected chi connectivity index (χ1v) is 24.7. The maximum Gasteiger partial charge on any atom is 0.340 e. The number of rotatable bonds is 9. The first-order chi connectivity index (χ1) is 28.6. The molecule has 12 nitrogen and oxygen atoms in total. The Morgan fingerprint density at radius 1 is 0.885 bits per heavy atom. The van der Waals surface area contributed by atoms with Gasteiger partial charge in [0.25, 0.3) is 0 Å². The highest BCUT2D eigenvalue weighted by Crippen LogP contribution is 2.76. The van der Waals surface area contributed by atoms with Crippen molar-refractivity contribution in [2.75, 3.05) is 37.7 Å². The summed E-state index contributed by atoms with van der Waals surface area (Å²) in [4.78, 5) is 27.0. The number of carboxylic acid groups (broad SMARTS) is 1. The topological polar surface area (TPSA) is 183 Å². The third kappa shape index (κ3) is 7.28. The van der Waals surface area contributed by atoms with Gasteiger partial charge in [0.15, 0.2) is 15.9 Å². The third-order valence-electron chi connectivity index (χ3n) is 18.5. The van der Waals surface area contributed by atoms with Crippen molar-refractivity contribution in [2.24, 2.45) is 51.2 Å². The monoisotopic (exact) mass is 866 g/mol. The SMILES string of the molecule is C=C(C)[C@@H]1CC[C@]2(NCCN3CCS(=O)(=O)CC3)CC[C@]3(C)[C@H](CC[C@@H]4[C@@]5(C)CC=C(c6ccc(C(=O)OC7OC(C(=O)O)C(O)C(O)C7O)cc6)C(C)(C)[C@@H]5CC[C@]43C)[C@@H]12. The van der Waals surface area contributed by atoms with Crippen LogP contribution in [0.2, 0.25) is 0 Å². The molecule has 8 rings (SSSR count). The van der Waals surface area contributed by atoms with E-state index in [4.69, 9.17) is 9.47 Å². The van der Waals surface area contributed by atoms with E-state index in [-0.39, 0.29) is 44.3 Å². The van der Waals surface area contributed by atoms with Gasteiger partial charge in [-0.25, -0.2) is 18.0 Å². The fourth-order valence-corrected chi connectivity index (χ4v) is 16.4. The van der Waals surface area contributed by atoms with E-state index < -0.39 is 52.5 Å². The largest absolute Gasteiger partial charge is 0.479 e. The van der Waals surface area contributed by atoms with Gasteiger partial charge in [-0.1, -0.05) is 65.0 Å². The van der Waals surface area contributed by atoms with Gasteiger partial charge >= 0.3 is 11.9 Å². The average molecular weight is 867 g/mol. The maximum atomic E-state index is 13.2. The van der Waals surface area contributed by atoms with Gasteiger partial charge < -0.3 is 40.1 Å². The second kappa shape index (κ2) is 15.8. The van der Waals surface area contributed by atoms with E-state index in [0.29, 0.717) is 42.7 Å². The van der Waals surface area contributed by atoms with Crippen LogP contribution in [0.3, 0.4) is 0 Å². The Balaban J connectivity index is 0.988. The molecule has 0 aromatic heterocycles. The summed E-state index contributed by atoms with van der Waals surface area (Å²) >= 11 is 0. The summed E-state index contributed by atoms with van der Waals surface area (Å²) in [5.74, 6) is 0.839. The Morgan fingerprint density at radius 2 is 1.57 bits per heavy atom. The van der Waals surface area contributed by atoms with Gasteiger partial charge in [0, 0.05) is 31.7 Å². The summed E-state index contributed by atoms with van der Waals surface area (Å²) in [5, 5.41) is 44.1. The molecule has 2 saturated heterocycles. The highest BCUT2D eigenvalue weighted by Gasteiger charge is 2.70. The van der Waals surface area contributed by atoms with E-state index >= 15 is 0 Å². The Bertz CT molecular complexity index is 2020. The lowest BCUT2D eigenvalue weighted by atomic mass is 9.33. The Morgan fingerprint density at radius 3 is 2.23 bits per heavy atom. The van der Waals surface area contributed by atoms with Gasteiger partial charge in [-0.2, -0.15) is 0 Å². The third-order valence-corrected chi connectivity index (χ3v) is 20.1. The molecule has 338 valence electrons. The van der Waals surface area contributed by atoms with E-state index in [9.17, 15) is 38.4 Å². The average Bonchev–Trinajstić information content (AvgIpc) is 3.59. The molecule has 0 radical (unpaired) electrons. The molecule has 2 heterocycles. The summed E-state index contributed by atoms with van der Waals surface area (Å²) in [5.41, 5.74) is 4.25. The van der Waals surface area contributed by atoms with Gasteiger partial charge in [-0.3, -0.25) is 0 Å². The lowest BCUT2D eigenvalue weighted by Gasteiger charge is -2.72. The van der Waals surface area contributed by atoms with E-state index in [1.54, 1.807) is 12.1 Å². The number of sulfone groups is 1. The van der Waals surface area contributed by atoms with Crippen LogP contribution >= 0.6 is 0 Å². The van der Waals surface area contributed by atoms with Crippen molar-refractivity contribution in [3.63, 3.8) is 0 Å². The smallest absolute Gasteiger partial charge is 0.340 e. The Kier molecular flexibility index (Phi) is 11.6. The van der Waals surface area contributed by atoms with Crippen LogP contribution in [0.25, 0.3) is 5.57 Å². The van der Waals surface area contributed by atoms with Crippen molar-refractivity contribution in [3.05, 3.63) is 53.6 Å². The molecule has 4 saturated carbocycles. The molecule has 0 spiro atoms. The van der Waals surface area contributed by atoms with Gasteiger partial charge in [0.1, 0.15) is 18.3 Å². The molecule has 0 bridgehead atoms. The number of ether oxygens (including phenoxy) is 2. The summed E-state index contributed by atoms with van der Waals surface area (Å²) in [7, 11) is -2.90. The molecule has 2 aliphatic heterocycles. The van der Waals surface area contributed by atoms with E-state index in [1.165, 1.54) is 56.1 Å². The van der Waals surface area contributed by atoms with Crippen LogP contribution in [0.1, 0.15) is 115 Å². The van der Waals surface area contributed by atoms with E-state index in [1.807, 2.05) is 12.1 Å². The number of fused-ring (bicyclic) bond motifs is 7. The first-order valence-electron chi connectivity index (χ1n) is 22.9. The van der Waals surface area contributed by atoms with Gasteiger partial charge in [-0.05, 0) is 139 Å². The zero-order valence-corrected chi connectivity index (χ0v) is 37.9. The zero-order valence-electron chi connectivity index (χ0n) is 37.1. The van der Waals surface area contributed by atoms with Crippen molar-refractivity contribution in [3.8, 4) is 0 Å². The van der Waals surface area contributed by atoms with Crippen molar-refractivity contribution in [2.45, 2.75) is 136 Å². The number of hydrogen-bond acceptors (Lipinski definition) is 11. The van der Waals surface area contributed by atoms with E-state index in [2.05, 4.69) is 64.4 Å². The standard InChI is InChI=1S/C48H70N2O10S/c1-28(2)31-14-19-48(49-22-23-50-24-26-61(57,58)27-25-50)21-20-46(6)33(36(31)48)12-13-35-45(5)17-15-32(44(3,4)34(45)16-18-47(35,46)7)29-8-10-30(11-9-29)42(56)60-43-39(53)37(51)38(52)40(59-43)41(54)55/h8-11,15,31,33-40,43,49,51-53H,1,12-14,16-27H2,2-7H3,(H,54,55)/t31-,33+,34-,35+,36+,37?,38?,39?,40?,43?,45-,46+,47+,48-/m0/s1. The molecular weight excluding hydrogens is 797 g/mol. The van der Waals surface area contributed by atoms with Crippen LogP contribution in [-0.2, 0) is 24.1 Å². The fourth-order valence-electron chi connectivity index (χ4n) is 15.1. The van der Waals surface area contributed by atoms with Crippen LogP contribution < -0.4 is 5.32 Å². The number of aliphatic hydroxyl groups excluding tert-OH is 3. The number of carboxylic acids is 1. The van der Waals surface area contributed by atoms with Crippen LogP contribution in [0, 0.1) is 51.2 Å². The van der Waals surface area contributed by atoms with Crippen molar-refractivity contribution in [1.29, 1.82) is 0 Å². The van der Waals surface area contributed by atoms with Crippen LogP contribution in [0.15, 0.2) is 42.5 Å². The molecule has 6 fully saturated rings. The summed E-state index contributed by atoms with van der Waals surface area (Å²) in [6, 6.07) is 7.16. The molecule has 5 aliphatic carbocycles. The zero-order chi connectivity index (χ0) is 44.1. The first kappa shape index (κ1) is 44.9. The van der Waals surface area contributed by atoms with E-state index in [0.717, 1.165) is 31.5 Å². The molecule has 1 aromatic rings. The lowest BCUT2D eigenvalue weighted by molar-refractivity contribution is -0.278. The normalized spacial score (nSPS) is 44.0. The predicted octanol–water partition coefficient (Wildman–Crippen LogP) is 5.46. The minimum atomic E-state index is -2.90. The van der Waals surface area contributed by atoms with Crippen molar-refractivity contribution >= 4 is 27.3 Å². The molecule has 7 aliphatic rings. The molecule has 13 heteroatoms. The molecule has 0 amide bonds. The minimum Gasteiger partial charge on any atom is -0.479 e. The number of carbonyl (C=O) groups excluding carboxylic acids is 1. The number of esters is 1. The van der Waals surface area contributed by atoms with Crippen molar-refractivity contribution < 1.29 is 47.9 Å². The van der Waals surface area contributed by atoms with Crippen molar-refractivity contribution in [1.82, 2.24) is 10.2 Å². The summed E-state index contributed by atoms with van der Waals surface area (Å²) in [6.45, 7) is 22.6. The van der Waals surface area contributed by atoms with Gasteiger partial charge in [0.2, 0.25) is 6.29 Å². The fraction of sp³-hybridized carbons (Fsp3) is 0.750. The number of nitrogens with one attached hydrogen (secondary N) is 1. The molecule has 14 atom stereocenters. The summed E-state index contributed by atoms with van der Waals surface area (Å²) < 4.78 is 34.6. The van der Waals surface area contributed by atoms with Gasteiger partial charge in [-0.15, -0.1) is 0 Å². The second-order valence-electron chi connectivity index (χ2n) is 21.5. The molecular formula is C48H70N2O10S. The second-order valence-corrected chi connectivity index (χ2v) is 23.8. The highest BCUT2D eigenvalue weighted by atomic mass is 32.2. The number of benzene rings is 1. The maximum absolute atomic E-state index is 13.2. The van der Waals surface area contributed by atoms with Crippen LogP contribution in [0.5, 0.6) is 0 Å². The molecule has 5 N–H and O–H groups in total. The Hall–Kier alpha value is -2.65. The molecule has 61 heavy (non-hydrogen) atoms. The number of allylic oxidation sites excluding steroid dienone is 3. The predicted molar refractivity (Wildman–Crippen MR) is 232 cm³/mol. The summed E-state index contributed by atoms with van der Waals surface area (Å²) in [6.07, 6.45) is 3.80. The van der Waals surface area contributed by atoms with Crippen LogP contribution in [0.4, 0.5) is 0 Å². The van der Waals surface area contributed by atoms with Crippen LogP contribution in [-0.4, -0.2) is 120 Å². The molecule has 1 aromatic carbocycles. The quantitative estimate of drug-likeness (QED) is 0.157. The number of aliphatic hydroxyl groups is 3. The number of aliphatic carboxylic acids is 1. The highest BCUT2D eigenvalue weighted by molar-refractivity contribution is 7.91. The molecule has 5 unspecified atom stereocenters.